The molecule has 2 saturated carbocycles. The first kappa shape index (κ1) is 49.4. The van der Waals surface area contributed by atoms with E-state index in [1.807, 2.05) is 66.2 Å². The van der Waals surface area contributed by atoms with Crippen molar-refractivity contribution in [2.45, 2.75) is 96.1 Å². The van der Waals surface area contributed by atoms with Crippen molar-refractivity contribution in [3.05, 3.63) is 95.6 Å². The van der Waals surface area contributed by atoms with E-state index < -0.39 is 30.6 Å². The number of carbonyl (C=O) groups is 4. The van der Waals surface area contributed by atoms with Crippen molar-refractivity contribution < 1.29 is 60.4 Å². The predicted octanol–water partition coefficient (Wildman–Crippen LogP) is 8.29. The number of nitrogens with one attached hydrogen (secondary N) is 2. The van der Waals surface area contributed by atoms with E-state index in [1.54, 1.807) is 41.2 Å². The van der Waals surface area contributed by atoms with Crippen LogP contribution in [0.15, 0.2) is 73.3 Å². The Morgan fingerprint density at radius 3 is 1.39 bits per heavy atom. The lowest BCUT2D eigenvalue weighted by Crippen LogP contribution is -2.50. The first-order valence-corrected chi connectivity index (χ1v) is 23.5. The highest BCUT2D eigenvalue weighted by Gasteiger charge is 2.36. The molecule has 0 atom stereocenters. The van der Waals surface area contributed by atoms with Crippen LogP contribution in [0, 0.1) is 0 Å². The second-order valence-electron chi connectivity index (χ2n) is 19.2. The van der Waals surface area contributed by atoms with Crippen molar-refractivity contribution in [3.63, 3.8) is 0 Å². The number of aromatic nitrogens is 4. The summed E-state index contributed by atoms with van der Waals surface area (Å²) in [5.41, 5.74) is 5.02. The minimum atomic E-state index is -3.12. The van der Waals surface area contributed by atoms with E-state index in [-0.39, 0.29) is 70.0 Å². The van der Waals surface area contributed by atoms with Gasteiger partial charge < -0.3 is 44.1 Å². The number of benzene rings is 2. The summed E-state index contributed by atoms with van der Waals surface area (Å²) >= 11 is 0. The maximum Gasteiger partial charge on any atom is 0.410 e. The Morgan fingerprint density at radius 1 is 0.625 bits per heavy atom. The lowest BCUT2D eigenvalue weighted by Gasteiger charge is -2.40. The van der Waals surface area contributed by atoms with Gasteiger partial charge in [-0.05, 0) is 106 Å². The summed E-state index contributed by atoms with van der Waals surface area (Å²) in [6.07, 6.45) is 10.0. The van der Waals surface area contributed by atoms with Gasteiger partial charge in [0.1, 0.15) is 51.0 Å². The number of pyridine rings is 2. The number of methoxy groups -OCH3 is 2. The number of rotatable bonds is 14. The summed E-state index contributed by atoms with van der Waals surface area (Å²) in [5.74, 6) is -0.822. The normalized spacial score (nSPS) is 15.9. The molecule has 17 nitrogen and oxygen atoms in total. The topological polar surface area (TPSA) is 180 Å². The van der Waals surface area contributed by atoms with Crippen LogP contribution in [0.25, 0.3) is 33.8 Å². The number of hydrogen-bond acceptors (Lipinski definition) is 11. The van der Waals surface area contributed by atoms with Crippen LogP contribution >= 0.6 is 0 Å². The number of amides is 4. The van der Waals surface area contributed by atoms with Crippen LogP contribution in [0.2, 0.25) is 0 Å². The Morgan fingerprint density at radius 2 is 1.03 bits per heavy atom. The first-order chi connectivity index (χ1) is 34.4. The third-order valence-electron chi connectivity index (χ3n) is 12.8. The molecule has 2 aliphatic carbocycles. The molecule has 4 fully saturated rings. The molecule has 0 spiro atoms. The Kier molecular flexibility index (Phi) is 13.7. The number of nitrogens with zero attached hydrogens (tertiary/aromatic N) is 6. The quantitative estimate of drug-likeness (QED) is 0.100. The standard InChI is InChI=1S/C27H30F2N4O5.C24H24F2N4O4/c1-27(2,3)38-26(35)32-13-17(14-32)15-7-8-33-19(12-30-22(33)11-15)16-9-20(36-4)23(21(10-16)37-25(28)29)24(34)31-18-5-6-18;1-13(31)29-11-16(12-29)14-5-6-30-18(10-27-21(30)9-14)15-7-19(33-2)22(20(8-15)34-24(25)26)23(32)28-17-3-4-17/h7-12,17-18,25H,5-6,13-14H2,1-4H3,(H,31,34);5-10,16-17,24H,3-4,11-12H2,1-2H3,(H,28,32). The number of fused-ring (bicyclic) bond motifs is 2. The lowest BCUT2D eigenvalue weighted by molar-refractivity contribution is -0.133. The van der Waals surface area contributed by atoms with Crippen LogP contribution in [-0.2, 0) is 9.53 Å². The largest absolute Gasteiger partial charge is 0.496 e. The number of carbonyl (C=O) groups excluding carboxylic acids is 4. The number of hydrogen-bond donors (Lipinski definition) is 2. The van der Waals surface area contributed by atoms with E-state index in [0.717, 1.165) is 36.8 Å². The number of likely N-dealkylation sites (tertiary alicyclic amines) is 2. The first-order valence-electron chi connectivity index (χ1n) is 23.5. The fourth-order valence-electron chi connectivity index (χ4n) is 8.63. The van der Waals surface area contributed by atoms with Gasteiger partial charge in [0.25, 0.3) is 11.8 Å². The van der Waals surface area contributed by atoms with Gasteiger partial charge in [-0.3, -0.25) is 23.2 Å². The second kappa shape index (κ2) is 19.9. The molecule has 0 radical (unpaired) electrons. The Labute approximate surface area is 411 Å². The number of alkyl halides is 4. The van der Waals surface area contributed by atoms with Crippen LogP contribution in [0.5, 0.6) is 23.0 Å². The molecule has 4 aromatic heterocycles. The number of halogens is 4. The van der Waals surface area contributed by atoms with Gasteiger partial charge in [0.05, 0.1) is 38.0 Å². The van der Waals surface area contributed by atoms with E-state index >= 15 is 0 Å². The summed E-state index contributed by atoms with van der Waals surface area (Å²) in [6.45, 7) is 3.29. The molecule has 2 N–H and O–H groups in total. The van der Waals surface area contributed by atoms with Crippen molar-refractivity contribution in [1.29, 1.82) is 0 Å². The predicted molar refractivity (Wildman–Crippen MR) is 254 cm³/mol. The third kappa shape index (κ3) is 10.8. The van der Waals surface area contributed by atoms with Gasteiger partial charge >= 0.3 is 19.3 Å². The highest BCUT2D eigenvalue weighted by Crippen LogP contribution is 2.40. The number of ether oxygens (including phenoxy) is 5. The summed E-state index contributed by atoms with van der Waals surface area (Å²) < 4.78 is 82.3. The fraction of sp³-hybridized carbons (Fsp3) is 0.412. The van der Waals surface area contributed by atoms with Crippen LogP contribution in [-0.4, -0.2) is 124 Å². The fourth-order valence-corrected chi connectivity index (χ4v) is 8.63. The van der Waals surface area contributed by atoms with Gasteiger partial charge in [0, 0.05) is 80.5 Å². The minimum Gasteiger partial charge on any atom is -0.496 e. The van der Waals surface area contributed by atoms with Crippen LogP contribution in [0.3, 0.4) is 0 Å². The zero-order valence-electron chi connectivity index (χ0n) is 40.4. The second-order valence-corrected chi connectivity index (χ2v) is 19.2. The van der Waals surface area contributed by atoms with E-state index in [9.17, 15) is 36.7 Å². The molecule has 2 aliphatic heterocycles. The number of imidazole rings is 2. The molecule has 0 bridgehead atoms. The monoisotopic (exact) mass is 998 g/mol. The molecule has 10 rings (SSSR count). The van der Waals surface area contributed by atoms with E-state index in [1.165, 1.54) is 26.4 Å². The van der Waals surface area contributed by atoms with Crippen molar-refractivity contribution in [1.82, 2.24) is 39.2 Å². The summed E-state index contributed by atoms with van der Waals surface area (Å²) in [5, 5.41) is 5.59. The van der Waals surface area contributed by atoms with Gasteiger partial charge in [-0.25, -0.2) is 14.8 Å². The van der Waals surface area contributed by atoms with Gasteiger partial charge in [-0.2, -0.15) is 17.6 Å². The molecule has 6 aromatic rings. The molecule has 6 heterocycles. The van der Waals surface area contributed by atoms with Gasteiger partial charge in [0.2, 0.25) is 5.91 Å². The molecule has 380 valence electrons. The van der Waals surface area contributed by atoms with E-state index in [4.69, 9.17) is 23.7 Å². The smallest absolute Gasteiger partial charge is 0.410 e. The summed E-state index contributed by atoms with van der Waals surface area (Å²) in [4.78, 5) is 61.7. The highest BCUT2D eigenvalue weighted by atomic mass is 19.3. The van der Waals surface area contributed by atoms with E-state index in [0.29, 0.717) is 60.0 Å². The van der Waals surface area contributed by atoms with Gasteiger partial charge in [-0.1, -0.05) is 0 Å². The van der Waals surface area contributed by atoms with Crippen molar-refractivity contribution in [2.75, 3.05) is 40.4 Å². The molecule has 2 saturated heterocycles. The highest BCUT2D eigenvalue weighted by molar-refractivity contribution is 6.02. The van der Waals surface area contributed by atoms with Crippen molar-refractivity contribution in [2.24, 2.45) is 0 Å². The molecule has 21 heteroatoms. The van der Waals surface area contributed by atoms with E-state index in [2.05, 4.69) is 20.6 Å². The van der Waals surface area contributed by atoms with Gasteiger partial charge in [0.15, 0.2) is 0 Å². The Bertz CT molecular complexity index is 3040. The van der Waals surface area contributed by atoms with Crippen LogP contribution in [0.4, 0.5) is 22.4 Å². The average molecular weight is 999 g/mol. The van der Waals surface area contributed by atoms with Crippen LogP contribution in [0.1, 0.15) is 97.1 Å². The molecular weight excluding hydrogens is 945 g/mol. The van der Waals surface area contributed by atoms with Crippen molar-refractivity contribution >= 4 is 35.1 Å². The zero-order chi connectivity index (χ0) is 51.2. The lowest BCUT2D eigenvalue weighted by atomic mass is 9.92. The third-order valence-corrected chi connectivity index (χ3v) is 12.8. The average Bonchev–Trinajstić information content (AvgIpc) is 4.20. The molecule has 0 unspecified atom stereocenters. The molecule has 4 amide bonds. The maximum absolute atomic E-state index is 13.3. The zero-order valence-corrected chi connectivity index (χ0v) is 40.4. The summed E-state index contributed by atoms with van der Waals surface area (Å²) in [6, 6.07) is 13.9. The molecule has 2 aromatic carbocycles. The molecule has 4 aliphatic rings. The molecule has 72 heavy (non-hydrogen) atoms. The van der Waals surface area contributed by atoms with Crippen molar-refractivity contribution in [3.8, 4) is 45.5 Å². The minimum absolute atomic E-state index is 0.0335. The Hall–Kier alpha value is -7.58. The SMILES string of the molecule is COc1cc(-c2cnc3cc(C4CN(C(=O)OC(C)(C)C)C4)ccn23)cc(OC(F)F)c1C(=O)NC1CC1.COc1cc(-c2cnc3cc(C4CN(C(C)=O)C4)ccn23)cc(OC(F)F)c1C(=O)NC1CC1. The Balaban J connectivity index is 0.000000179. The molecular formula is C51H54F4N8O9. The van der Waals surface area contributed by atoms with Crippen LogP contribution < -0.4 is 29.6 Å². The van der Waals surface area contributed by atoms with Gasteiger partial charge in [-0.15, -0.1) is 0 Å². The summed E-state index contributed by atoms with van der Waals surface area (Å²) in [7, 11) is 2.75. The maximum atomic E-state index is 13.3.